The summed E-state index contributed by atoms with van der Waals surface area (Å²) < 4.78 is 38.6. The Hall–Kier alpha value is -2.35. The van der Waals surface area contributed by atoms with Gasteiger partial charge in [-0.2, -0.15) is 13.2 Å². The second kappa shape index (κ2) is 7.90. The van der Waals surface area contributed by atoms with Crippen molar-refractivity contribution in [1.82, 2.24) is 15.3 Å². The van der Waals surface area contributed by atoms with Gasteiger partial charge in [0.2, 0.25) is 5.95 Å². The predicted octanol–water partition coefficient (Wildman–Crippen LogP) is 4.59. The molecule has 2 N–H and O–H groups in total. The zero-order valence-corrected chi connectivity index (χ0v) is 15.2. The van der Waals surface area contributed by atoms with Crippen molar-refractivity contribution in [2.24, 2.45) is 5.92 Å². The molecule has 2 aromatic rings. The Morgan fingerprint density at radius 1 is 1.23 bits per heavy atom. The van der Waals surface area contributed by atoms with E-state index in [1.54, 1.807) is 6.92 Å². The number of alkyl halides is 3. The molecule has 9 heteroatoms. The number of hydrogen-bond acceptors (Lipinski definition) is 4. The van der Waals surface area contributed by atoms with E-state index in [1.807, 2.05) is 13.8 Å². The highest BCUT2D eigenvalue weighted by molar-refractivity contribution is 6.33. The molecule has 26 heavy (non-hydrogen) atoms. The van der Waals surface area contributed by atoms with Crippen LogP contribution in [0.3, 0.4) is 0 Å². The fourth-order valence-electron chi connectivity index (χ4n) is 2.05. The molecule has 1 amide bonds. The number of rotatable bonds is 5. The van der Waals surface area contributed by atoms with Crippen LogP contribution < -0.4 is 10.6 Å². The zero-order chi connectivity index (χ0) is 19.5. The standard InChI is InChI=1S/C17H18ClF3N4O/c1-9(2)8-22-15(26)14-6-10(3)23-16(25-14)24-13-7-11(17(19,20)21)4-5-12(13)18/h4-7,9H,8H2,1-3H3,(H,22,26)(H,23,24,25). The van der Waals surface area contributed by atoms with Crippen LogP contribution in [0.5, 0.6) is 0 Å². The second-order valence-corrected chi connectivity index (χ2v) is 6.55. The molecule has 0 aliphatic heterocycles. The predicted molar refractivity (Wildman–Crippen MR) is 93.7 cm³/mol. The Morgan fingerprint density at radius 3 is 2.54 bits per heavy atom. The monoisotopic (exact) mass is 386 g/mol. The Bertz CT molecular complexity index is 809. The lowest BCUT2D eigenvalue weighted by Crippen LogP contribution is -2.28. The van der Waals surface area contributed by atoms with Crippen molar-refractivity contribution in [3.05, 3.63) is 46.2 Å². The van der Waals surface area contributed by atoms with Gasteiger partial charge in [0.15, 0.2) is 0 Å². The first-order valence-electron chi connectivity index (χ1n) is 7.84. The first-order valence-corrected chi connectivity index (χ1v) is 8.21. The van der Waals surface area contributed by atoms with Gasteiger partial charge < -0.3 is 10.6 Å². The molecule has 0 unspecified atom stereocenters. The third kappa shape index (κ3) is 5.32. The number of halogens is 4. The molecule has 140 valence electrons. The van der Waals surface area contributed by atoms with Crippen molar-refractivity contribution >= 4 is 29.1 Å². The van der Waals surface area contributed by atoms with E-state index in [9.17, 15) is 18.0 Å². The minimum atomic E-state index is -4.50. The lowest BCUT2D eigenvalue weighted by molar-refractivity contribution is -0.137. The van der Waals surface area contributed by atoms with Crippen molar-refractivity contribution < 1.29 is 18.0 Å². The maximum absolute atomic E-state index is 12.9. The summed E-state index contributed by atoms with van der Waals surface area (Å²) in [7, 11) is 0. The lowest BCUT2D eigenvalue weighted by atomic mass is 10.2. The van der Waals surface area contributed by atoms with Crippen LogP contribution in [-0.4, -0.2) is 22.4 Å². The molecular weight excluding hydrogens is 369 g/mol. The van der Waals surface area contributed by atoms with E-state index in [1.165, 1.54) is 6.07 Å². The van der Waals surface area contributed by atoms with Crippen molar-refractivity contribution in [2.45, 2.75) is 26.9 Å². The van der Waals surface area contributed by atoms with Crippen LogP contribution >= 0.6 is 11.6 Å². The van der Waals surface area contributed by atoms with Gasteiger partial charge in [0.25, 0.3) is 5.91 Å². The maximum Gasteiger partial charge on any atom is 0.416 e. The summed E-state index contributed by atoms with van der Waals surface area (Å²) in [6.07, 6.45) is -4.50. The zero-order valence-electron chi connectivity index (χ0n) is 14.4. The van der Waals surface area contributed by atoms with E-state index in [0.29, 0.717) is 12.2 Å². The van der Waals surface area contributed by atoms with E-state index in [2.05, 4.69) is 20.6 Å². The summed E-state index contributed by atoms with van der Waals surface area (Å²) in [5.41, 5.74) is -0.253. The highest BCUT2D eigenvalue weighted by Crippen LogP contribution is 2.34. The largest absolute Gasteiger partial charge is 0.416 e. The van der Waals surface area contributed by atoms with Gasteiger partial charge in [-0.05, 0) is 37.1 Å². The van der Waals surface area contributed by atoms with Crippen LogP contribution in [0.1, 0.15) is 35.6 Å². The highest BCUT2D eigenvalue weighted by atomic mass is 35.5. The average Bonchev–Trinajstić information content (AvgIpc) is 2.53. The molecule has 0 aliphatic rings. The summed E-state index contributed by atoms with van der Waals surface area (Å²) in [6, 6.07) is 4.38. The van der Waals surface area contributed by atoms with E-state index in [4.69, 9.17) is 11.6 Å². The molecule has 0 bridgehead atoms. The third-order valence-corrected chi connectivity index (χ3v) is 3.63. The van der Waals surface area contributed by atoms with Crippen molar-refractivity contribution in [3.8, 4) is 0 Å². The van der Waals surface area contributed by atoms with Gasteiger partial charge >= 0.3 is 6.18 Å². The van der Waals surface area contributed by atoms with Crippen LogP contribution in [-0.2, 0) is 6.18 Å². The number of carbonyl (C=O) groups is 1. The first-order chi connectivity index (χ1) is 12.1. The van der Waals surface area contributed by atoms with Crippen molar-refractivity contribution in [2.75, 3.05) is 11.9 Å². The SMILES string of the molecule is Cc1cc(C(=O)NCC(C)C)nc(Nc2cc(C(F)(F)F)ccc2Cl)n1. The van der Waals surface area contributed by atoms with Gasteiger partial charge in [-0.25, -0.2) is 9.97 Å². The summed E-state index contributed by atoms with van der Waals surface area (Å²) >= 11 is 5.96. The van der Waals surface area contributed by atoms with E-state index in [0.717, 1.165) is 18.2 Å². The molecule has 1 aromatic carbocycles. The molecular formula is C17H18ClF3N4O. The smallest absolute Gasteiger partial charge is 0.350 e. The van der Waals surface area contributed by atoms with Crippen molar-refractivity contribution in [3.63, 3.8) is 0 Å². The normalized spacial score (nSPS) is 11.5. The number of anilines is 2. The summed E-state index contributed by atoms with van der Waals surface area (Å²) in [6.45, 7) is 6.03. The summed E-state index contributed by atoms with van der Waals surface area (Å²) in [4.78, 5) is 20.3. The average molecular weight is 387 g/mol. The number of hydrogen-bond donors (Lipinski definition) is 2. The molecule has 1 heterocycles. The van der Waals surface area contributed by atoms with Crippen LogP contribution in [0.2, 0.25) is 5.02 Å². The number of benzene rings is 1. The van der Waals surface area contributed by atoms with Gasteiger partial charge in [-0.3, -0.25) is 4.79 Å². The Labute approximate surface area is 154 Å². The lowest BCUT2D eigenvalue weighted by Gasteiger charge is -2.13. The number of nitrogens with zero attached hydrogens (tertiary/aromatic N) is 2. The van der Waals surface area contributed by atoms with E-state index < -0.39 is 11.7 Å². The third-order valence-electron chi connectivity index (χ3n) is 3.30. The van der Waals surface area contributed by atoms with Crippen molar-refractivity contribution in [1.29, 1.82) is 0 Å². The maximum atomic E-state index is 12.9. The molecule has 0 aliphatic carbocycles. The quantitative estimate of drug-likeness (QED) is 0.788. The molecule has 2 rings (SSSR count). The molecule has 0 atom stereocenters. The summed E-state index contributed by atoms with van der Waals surface area (Å²) in [5.74, 6) is -0.133. The van der Waals surface area contributed by atoms with Gasteiger partial charge in [-0.1, -0.05) is 25.4 Å². The molecule has 0 radical (unpaired) electrons. The van der Waals surface area contributed by atoms with E-state index >= 15 is 0 Å². The number of amides is 1. The number of aryl methyl sites for hydroxylation is 1. The number of carbonyl (C=O) groups excluding carboxylic acids is 1. The van der Waals surface area contributed by atoms with Gasteiger partial charge in [0.05, 0.1) is 16.3 Å². The Morgan fingerprint density at radius 2 is 1.92 bits per heavy atom. The van der Waals surface area contributed by atoms with Gasteiger partial charge in [-0.15, -0.1) is 0 Å². The highest BCUT2D eigenvalue weighted by Gasteiger charge is 2.31. The van der Waals surface area contributed by atoms with Crippen LogP contribution in [0.25, 0.3) is 0 Å². The van der Waals surface area contributed by atoms with Crippen LogP contribution in [0.4, 0.5) is 24.8 Å². The number of aromatic nitrogens is 2. The molecule has 0 saturated carbocycles. The molecule has 5 nitrogen and oxygen atoms in total. The second-order valence-electron chi connectivity index (χ2n) is 6.14. The molecule has 1 aromatic heterocycles. The topological polar surface area (TPSA) is 66.9 Å². The van der Waals surface area contributed by atoms with Crippen LogP contribution in [0, 0.1) is 12.8 Å². The van der Waals surface area contributed by atoms with Gasteiger partial charge in [0, 0.05) is 12.2 Å². The molecule has 0 saturated heterocycles. The Kier molecular flexibility index (Phi) is 6.07. The number of nitrogens with one attached hydrogen (secondary N) is 2. The molecule has 0 fully saturated rings. The van der Waals surface area contributed by atoms with Gasteiger partial charge in [0.1, 0.15) is 5.69 Å². The minimum Gasteiger partial charge on any atom is -0.350 e. The molecule has 0 spiro atoms. The van der Waals surface area contributed by atoms with E-state index in [-0.39, 0.29) is 34.2 Å². The Balaban J connectivity index is 2.29. The fourth-order valence-corrected chi connectivity index (χ4v) is 2.21. The minimum absolute atomic E-state index is 0.000584. The summed E-state index contributed by atoms with van der Waals surface area (Å²) in [5, 5.41) is 5.45. The first kappa shape index (κ1) is 20.0. The fraction of sp³-hybridized carbons (Fsp3) is 0.353. The van der Waals surface area contributed by atoms with Crippen LogP contribution in [0.15, 0.2) is 24.3 Å².